The van der Waals surface area contributed by atoms with Crippen LogP contribution in [0.5, 0.6) is 0 Å². The van der Waals surface area contributed by atoms with Gasteiger partial charge in [0.25, 0.3) is 0 Å². The van der Waals surface area contributed by atoms with Gasteiger partial charge in [0, 0.05) is 26.1 Å². The summed E-state index contributed by atoms with van der Waals surface area (Å²) in [6, 6.07) is 0.347. The van der Waals surface area contributed by atoms with Crippen LogP contribution in [0.4, 0.5) is 0 Å². The molecule has 23 heavy (non-hydrogen) atoms. The van der Waals surface area contributed by atoms with Gasteiger partial charge in [0.2, 0.25) is 15.9 Å². The van der Waals surface area contributed by atoms with Gasteiger partial charge in [0.15, 0.2) is 5.82 Å². The third kappa shape index (κ3) is 5.26. The average molecular weight is 344 g/mol. The van der Waals surface area contributed by atoms with Gasteiger partial charge in [-0.25, -0.2) is 12.7 Å². The lowest BCUT2D eigenvalue weighted by Crippen LogP contribution is -2.36. The Labute approximate surface area is 139 Å². The van der Waals surface area contributed by atoms with Gasteiger partial charge in [0.1, 0.15) is 0 Å². The van der Waals surface area contributed by atoms with Crippen molar-refractivity contribution in [1.29, 1.82) is 0 Å². The lowest BCUT2D eigenvalue weighted by Gasteiger charge is -2.26. The molecular formula is C15H28N4O3S. The number of hydrogen-bond donors (Lipinski definition) is 0. The van der Waals surface area contributed by atoms with Crippen LogP contribution in [-0.2, 0) is 16.6 Å². The van der Waals surface area contributed by atoms with E-state index in [1.165, 1.54) is 0 Å². The molecule has 1 fully saturated rings. The quantitative estimate of drug-likeness (QED) is 0.750. The van der Waals surface area contributed by atoms with E-state index in [2.05, 4.69) is 15.0 Å². The van der Waals surface area contributed by atoms with Gasteiger partial charge in [-0.15, -0.1) is 0 Å². The molecule has 1 atom stereocenters. The van der Waals surface area contributed by atoms with Crippen LogP contribution in [0.2, 0.25) is 0 Å². The van der Waals surface area contributed by atoms with Gasteiger partial charge in [-0.05, 0) is 32.7 Å². The van der Waals surface area contributed by atoms with Gasteiger partial charge in [0.05, 0.1) is 12.3 Å². The van der Waals surface area contributed by atoms with Crippen LogP contribution < -0.4 is 0 Å². The average Bonchev–Trinajstić information content (AvgIpc) is 2.77. The Kier molecular flexibility index (Phi) is 6.55. The Balaban J connectivity index is 1.90. The number of aryl methyl sites for hydroxylation is 1. The molecule has 0 bridgehead atoms. The molecule has 1 aromatic rings. The second-order valence-corrected chi connectivity index (χ2v) is 8.39. The highest BCUT2D eigenvalue weighted by Gasteiger charge is 2.27. The first kappa shape index (κ1) is 18.4. The van der Waals surface area contributed by atoms with Crippen LogP contribution >= 0.6 is 0 Å². The highest BCUT2D eigenvalue weighted by Crippen LogP contribution is 2.19. The Morgan fingerprint density at radius 1 is 1.35 bits per heavy atom. The summed E-state index contributed by atoms with van der Waals surface area (Å²) in [6.07, 6.45) is 4.37. The molecule has 0 N–H and O–H groups in total. The molecular weight excluding hydrogens is 316 g/mol. The molecule has 1 aliphatic heterocycles. The molecule has 0 aliphatic carbocycles. The third-order valence-electron chi connectivity index (χ3n) is 4.39. The molecule has 7 nitrogen and oxygen atoms in total. The minimum Gasteiger partial charge on any atom is -0.340 e. The van der Waals surface area contributed by atoms with E-state index in [-0.39, 0.29) is 5.75 Å². The number of hydrogen-bond acceptors (Lipinski definition) is 6. The second kappa shape index (κ2) is 8.21. The van der Waals surface area contributed by atoms with E-state index in [0.29, 0.717) is 37.4 Å². The first-order valence-corrected chi connectivity index (χ1v) is 10.0. The maximum absolute atomic E-state index is 12.3. The number of nitrogens with zero attached hydrogens (tertiary/aromatic N) is 4. The third-order valence-corrected chi connectivity index (χ3v) is 6.35. The highest BCUT2D eigenvalue weighted by molar-refractivity contribution is 7.89. The van der Waals surface area contributed by atoms with E-state index < -0.39 is 10.0 Å². The fourth-order valence-electron chi connectivity index (χ4n) is 2.98. The van der Waals surface area contributed by atoms with E-state index in [0.717, 1.165) is 32.1 Å². The number of aromatic nitrogens is 2. The first-order chi connectivity index (χ1) is 10.9. The van der Waals surface area contributed by atoms with Crippen molar-refractivity contribution < 1.29 is 12.9 Å². The predicted octanol–water partition coefficient (Wildman–Crippen LogP) is 1.79. The Morgan fingerprint density at radius 2 is 2.13 bits per heavy atom. The topological polar surface area (TPSA) is 79.5 Å². The molecule has 132 valence electrons. The monoisotopic (exact) mass is 344 g/mol. The summed E-state index contributed by atoms with van der Waals surface area (Å²) in [4.78, 5) is 6.43. The molecule has 2 heterocycles. The van der Waals surface area contributed by atoms with Crippen molar-refractivity contribution in [2.75, 3.05) is 25.9 Å². The highest BCUT2D eigenvalue weighted by atomic mass is 32.2. The molecule has 2 rings (SSSR count). The van der Waals surface area contributed by atoms with Crippen molar-refractivity contribution in [2.24, 2.45) is 0 Å². The van der Waals surface area contributed by atoms with Gasteiger partial charge in [-0.1, -0.05) is 18.5 Å². The molecule has 1 aliphatic rings. The zero-order valence-electron chi connectivity index (χ0n) is 14.4. The molecule has 0 aromatic carbocycles. The molecule has 1 unspecified atom stereocenters. The normalized spacial score (nSPS) is 20.8. The van der Waals surface area contributed by atoms with E-state index >= 15 is 0 Å². The summed E-state index contributed by atoms with van der Waals surface area (Å²) in [5.74, 6) is 1.52. The summed E-state index contributed by atoms with van der Waals surface area (Å²) in [7, 11) is -1.06. The van der Waals surface area contributed by atoms with E-state index in [1.807, 2.05) is 14.0 Å². The van der Waals surface area contributed by atoms with Crippen molar-refractivity contribution in [2.45, 2.75) is 58.5 Å². The van der Waals surface area contributed by atoms with Gasteiger partial charge < -0.3 is 4.52 Å². The van der Waals surface area contributed by atoms with Gasteiger partial charge >= 0.3 is 0 Å². The van der Waals surface area contributed by atoms with Crippen molar-refractivity contribution in [3.8, 4) is 0 Å². The van der Waals surface area contributed by atoms with E-state index in [9.17, 15) is 8.42 Å². The van der Waals surface area contributed by atoms with Crippen LogP contribution in [0, 0.1) is 6.92 Å². The minimum absolute atomic E-state index is 0.270. The summed E-state index contributed by atoms with van der Waals surface area (Å²) in [6.45, 7) is 5.67. The molecule has 8 heteroatoms. The Hall–Kier alpha value is -0.990. The van der Waals surface area contributed by atoms with Crippen molar-refractivity contribution >= 4 is 10.0 Å². The fraction of sp³-hybridized carbons (Fsp3) is 0.867. The van der Waals surface area contributed by atoms with Crippen molar-refractivity contribution in [3.05, 3.63) is 11.7 Å². The van der Waals surface area contributed by atoms with Gasteiger partial charge in [-0.2, -0.15) is 4.98 Å². The molecule has 1 aromatic heterocycles. The molecule has 0 radical (unpaired) electrons. The first-order valence-electron chi connectivity index (χ1n) is 8.39. The molecule has 1 saturated heterocycles. The number of unbranched alkanes of at least 4 members (excludes halogenated alkanes) is 1. The van der Waals surface area contributed by atoms with Crippen molar-refractivity contribution in [1.82, 2.24) is 19.3 Å². The summed E-state index contributed by atoms with van der Waals surface area (Å²) in [5.41, 5.74) is 0. The van der Waals surface area contributed by atoms with Crippen LogP contribution in [0.15, 0.2) is 4.52 Å². The lowest BCUT2D eigenvalue weighted by atomic mass is 10.1. The van der Waals surface area contributed by atoms with E-state index in [4.69, 9.17) is 4.52 Å². The van der Waals surface area contributed by atoms with Crippen LogP contribution in [0.1, 0.15) is 50.7 Å². The maximum Gasteiger partial charge on any atom is 0.223 e. The molecule has 0 amide bonds. The Morgan fingerprint density at radius 3 is 2.78 bits per heavy atom. The van der Waals surface area contributed by atoms with Crippen LogP contribution in [-0.4, -0.2) is 59.7 Å². The standard InChI is InChI=1S/C15H28N4O3S/c1-4-5-11-23(20,21)19-9-6-7-14(8-10-19)18(3)12-15-16-13(2)22-17-15/h14H,4-12H2,1-3H3. The molecule has 0 saturated carbocycles. The summed E-state index contributed by atoms with van der Waals surface area (Å²) < 4.78 is 31.4. The minimum atomic E-state index is -3.10. The van der Waals surface area contributed by atoms with Crippen LogP contribution in [0.3, 0.4) is 0 Å². The zero-order chi connectivity index (χ0) is 16.9. The fourth-order valence-corrected chi connectivity index (χ4v) is 4.69. The maximum atomic E-state index is 12.3. The smallest absolute Gasteiger partial charge is 0.223 e. The van der Waals surface area contributed by atoms with Crippen LogP contribution in [0.25, 0.3) is 0 Å². The molecule has 0 spiro atoms. The number of sulfonamides is 1. The zero-order valence-corrected chi connectivity index (χ0v) is 15.2. The Bertz CT molecular complexity index is 587. The van der Waals surface area contributed by atoms with Crippen molar-refractivity contribution in [3.63, 3.8) is 0 Å². The SMILES string of the molecule is CCCCS(=O)(=O)N1CCCC(N(C)Cc2noc(C)n2)CC1. The number of rotatable bonds is 7. The summed E-state index contributed by atoms with van der Waals surface area (Å²) >= 11 is 0. The van der Waals surface area contributed by atoms with E-state index in [1.54, 1.807) is 11.2 Å². The largest absolute Gasteiger partial charge is 0.340 e. The lowest BCUT2D eigenvalue weighted by molar-refractivity contribution is 0.207. The second-order valence-electron chi connectivity index (χ2n) is 6.30. The predicted molar refractivity (Wildman–Crippen MR) is 88.4 cm³/mol. The van der Waals surface area contributed by atoms with Gasteiger partial charge in [-0.3, -0.25) is 4.90 Å². The summed E-state index contributed by atoms with van der Waals surface area (Å²) in [5, 5.41) is 3.93.